The molecule has 0 spiro atoms. The monoisotopic (exact) mass is 163 g/mol. The third kappa shape index (κ3) is 2.09. The number of rotatable bonds is 2. The van der Waals surface area contributed by atoms with Gasteiger partial charge in [0.1, 0.15) is 0 Å². The zero-order valence-electron chi connectivity index (χ0n) is 7.64. The van der Waals surface area contributed by atoms with E-state index < -0.39 is 0 Å². The molecule has 1 rings (SSSR count). The van der Waals surface area contributed by atoms with Crippen LogP contribution in [0.2, 0.25) is 0 Å². The van der Waals surface area contributed by atoms with Crippen molar-refractivity contribution in [2.45, 2.75) is 20.8 Å². The highest BCUT2D eigenvalue weighted by atomic mass is 16.1. The van der Waals surface area contributed by atoms with Crippen molar-refractivity contribution < 1.29 is 4.79 Å². The molecule has 1 heterocycles. The molecule has 0 unspecified atom stereocenters. The molecule has 0 bridgehead atoms. The number of aromatic nitrogens is 1. The number of aryl methyl sites for hydroxylation is 2. The Morgan fingerprint density at radius 1 is 1.50 bits per heavy atom. The molecule has 1 N–H and O–H groups in total. The predicted molar refractivity (Wildman–Crippen MR) is 50.0 cm³/mol. The number of carbonyl (C=O) groups excluding carboxylic acids is 1. The van der Waals surface area contributed by atoms with E-state index in [1.54, 1.807) is 13.0 Å². The fourth-order valence-electron chi connectivity index (χ4n) is 1.13. The van der Waals surface area contributed by atoms with Gasteiger partial charge in [-0.3, -0.25) is 4.79 Å². The Labute approximate surface area is 72.3 Å². The van der Waals surface area contributed by atoms with Crippen LogP contribution in [0.3, 0.4) is 0 Å². The molecule has 0 radical (unpaired) electrons. The smallest absolute Gasteiger partial charge is 0.152 e. The summed E-state index contributed by atoms with van der Waals surface area (Å²) in [5.74, 6) is 0.0771. The summed E-state index contributed by atoms with van der Waals surface area (Å²) in [5.41, 5.74) is 3.31. The van der Waals surface area contributed by atoms with Crippen LogP contribution in [0.4, 0.5) is 0 Å². The molecule has 0 saturated carbocycles. The number of H-pyrrole nitrogens is 1. The second-order valence-electron chi connectivity index (χ2n) is 2.98. The molecule has 0 atom stereocenters. The van der Waals surface area contributed by atoms with Crippen molar-refractivity contribution in [3.8, 4) is 0 Å². The van der Waals surface area contributed by atoms with E-state index in [9.17, 15) is 4.79 Å². The highest BCUT2D eigenvalue weighted by Crippen LogP contribution is 2.10. The molecule has 0 aliphatic rings. The second kappa shape index (κ2) is 3.39. The summed E-state index contributed by atoms with van der Waals surface area (Å²) in [5, 5.41) is 0. The van der Waals surface area contributed by atoms with E-state index in [1.807, 2.05) is 26.0 Å². The lowest BCUT2D eigenvalue weighted by atomic mass is 10.2. The summed E-state index contributed by atoms with van der Waals surface area (Å²) in [4.78, 5) is 13.8. The predicted octanol–water partition coefficient (Wildman–Crippen LogP) is 2.23. The van der Waals surface area contributed by atoms with Gasteiger partial charge in [0.15, 0.2) is 5.78 Å². The molecule has 12 heavy (non-hydrogen) atoms. The molecule has 0 aliphatic heterocycles. The van der Waals surface area contributed by atoms with Crippen LogP contribution in [0.15, 0.2) is 12.1 Å². The van der Waals surface area contributed by atoms with Crippen LogP contribution in [0, 0.1) is 13.8 Å². The van der Waals surface area contributed by atoms with Gasteiger partial charge < -0.3 is 4.98 Å². The number of carbonyl (C=O) groups is 1. The fourth-order valence-corrected chi connectivity index (χ4v) is 1.13. The molecule has 0 amide bonds. The molecule has 0 aromatic carbocycles. The summed E-state index contributed by atoms with van der Waals surface area (Å²) in [6.07, 6.45) is 3.41. The van der Waals surface area contributed by atoms with Crippen LogP contribution in [0.25, 0.3) is 6.08 Å². The Hall–Kier alpha value is -1.31. The number of hydrogen-bond donors (Lipinski definition) is 1. The van der Waals surface area contributed by atoms with E-state index in [0.717, 1.165) is 17.0 Å². The molecular weight excluding hydrogens is 150 g/mol. The minimum absolute atomic E-state index is 0.0771. The van der Waals surface area contributed by atoms with Crippen molar-refractivity contribution in [2.75, 3.05) is 0 Å². The number of ketones is 1. The van der Waals surface area contributed by atoms with Gasteiger partial charge in [-0.1, -0.05) is 0 Å². The van der Waals surface area contributed by atoms with Crippen LogP contribution in [0.5, 0.6) is 0 Å². The largest absolute Gasteiger partial charge is 0.362 e. The lowest BCUT2D eigenvalue weighted by Crippen LogP contribution is -1.80. The minimum Gasteiger partial charge on any atom is -0.362 e. The van der Waals surface area contributed by atoms with Crippen LogP contribution < -0.4 is 0 Å². The van der Waals surface area contributed by atoms with Gasteiger partial charge in [-0.2, -0.15) is 0 Å². The number of hydrogen-bond acceptors (Lipinski definition) is 1. The van der Waals surface area contributed by atoms with Crippen LogP contribution >= 0.6 is 0 Å². The number of aromatic amines is 1. The Morgan fingerprint density at radius 3 is 2.58 bits per heavy atom. The lowest BCUT2D eigenvalue weighted by molar-refractivity contribution is -0.112. The fraction of sp³-hybridized carbons (Fsp3) is 0.300. The van der Waals surface area contributed by atoms with Gasteiger partial charge in [0.2, 0.25) is 0 Å². The average molecular weight is 163 g/mol. The van der Waals surface area contributed by atoms with Gasteiger partial charge in [0, 0.05) is 11.4 Å². The molecule has 0 saturated heterocycles. The van der Waals surface area contributed by atoms with E-state index in [-0.39, 0.29) is 5.78 Å². The van der Waals surface area contributed by atoms with E-state index in [4.69, 9.17) is 0 Å². The third-order valence-corrected chi connectivity index (χ3v) is 1.69. The minimum atomic E-state index is 0.0771. The second-order valence-corrected chi connectivity index (χ2v) is 2.98. The van der Waals surface area contributed by atoms with Crippen LogP contribution in [-0.2, 0) is 4.79 Å². The maximum atomic E-state index is 10.6. The van der Waals surface area contributed by atoms with E-state index >= 15 is 0 Å². The highest BCUT2D eigenvalue weighted by Gasteiger charge is 1.96. The molecule has 0 fully saturated rings. The standard InChI is InChI=1S/C10H13NO/c1-7-6-10(9(3)11-7)5-4-8(2)12/h4-6,11H,1-3H3/b5-4+. The van der Waals surface area contributed by atoms with Crippen molar-refractivity contribution in [2.24, 2.45) is 0 Å². The van der Waals surface area contributed by atoms with Crippen molar-refractivity contribution in [3.05, 3.63) is 29.1 Å². The summed E-state index contributed by atoms with van der Waals surface area (Å²) >= 11 is 0. The summed E-state index contributed by atoms with van der Waals surface area (Å²) in [7, 11) is 0. The van der Waals surface area contributed by atoms with Gasteiger partial charge in [-0.05, 0) is 44.6 Å². The molecule has 0 aliphatic carbocycles. The Morgan fingerprint density at radius 2 is 2.17 bits per heavy atom. The quantitative estimate of drug-likeness (QED) is 0.666. The molecular formula is C10H13NO. The van der Waals surface area contributed by atoms with Crippen molar-refractivity contribution in [3.63, 3.8) is 0 Å². The lowest BCUT2D eigenvalue weighted by Gasteiger charge is -1.87. The first-order valence-electron chi connectivity index (χ1n) is 3.94. The molecule has 1 aromatic heterocycles. The van der Waals surface area contributed by atoms with Gasteiger partial charge in [-0.15, -0.1) is 0 Å². The van der Waals surface area contributed by atoms with Crippen molar-refractivity contribution in [1.29, 1.82) is 0 Å². The highest BCUT2D eigenvalue weighted by molar-refractivity contribution is 5.91. The Kier molecular flexibility index (Phi) is 2.48. The zero-order chi connectivity index (χ0) is 9.14. The zero-order valence-corrected chi connectivity index (χ0v) is 7.64. The SMILES string of the molecule is CC(=O)/C=C/c1cc(C)[nH]c1C. The van der Waals surface area contributed by atoms with Gasteiger partial charge in [0.05, 0.1) is 0 Å². The van der Waals surface area contributed by atoms with E-state index in [1.165, 1.54) is 0 Å². The summed E-state index contributed by atoms with van der Waals surface area (Å²) in [6, 6.07) is 2.02. The van der Waals surface area contributed by atoms with Gasteiger partial charge in [-0.25, -0.2) is 0 Å². The first-order chi connectivity index (χ1) is 5.59. The van der Waals surface area contributed by atoms with Crippen molar-refractivity contribution >= 4 is 11.9 Å². The Bertz CT molecular complexity index is 321. The van der Waals surface area contributed by atoms with E-state index in [0.29, 0.717) is 0 Å². The average Bonchev–Trinajstić information content (AvgIpc) is 2.26. The molecule has 64 valence electrons. The third-order valence-electron chi connectivity index (χ3n) is 1.69. The maximum Gasteiger partial charge on any atom is 0.152 e. The molecule has 2 heteroatoms. The maximum absolute atomic E-state index is 10.6. The first-order valence-corrected chi connectivity index (χ1v) is 3.94. The summed E-state index contributed by atoms with van der Waals surface area (Å²) in [6.45, 7) is 5.54. The topological polar surface area (TPSA) is 32.9 Å². The van der Waals surface area contributed by atoms with Gasteiger partial charge in [0.25, 0.3) is 0 Å². The van der Waals surface area contributed by atoms with Crippen LogP contribution in [-0.4, -0.2) is 10.8 Å². The first kappa shape index (κ1) is 8.78. The molecule has 2 nitrogen and oxygen atoms in total. The van der Waals surface area contributed by atoms with Gasteiger partial charge >= 0.3 is 0 Å². The van der Waals surface area contributed by atoms with Crippen molar-refractivity contribution in [1.82, 2.24) is 4.98 Å². The Balaban J connectivity index is 2.89. The normalized spacial score (nSPS) is 10.9. The number of allylic oxidation sites excluding steroid dienone is 1. The summed E-state index contributed by atoms with van der Waals surface area (Å²) < 4.78 is 0. The number of nitrogens with one attached hydrogen (secondary N) is 1. The van der Waals surface area contributed by atoms with E-state index in [2.05, 4.69) is 4.98 Å². The molecule has 1 aromatic rings. The van der Waals surface area contributed by atoms with Crippen LogP contribution in [0.1, 0.15) is 23.9 Å².